The summed E-state index contributed by atoms with van der Waals surface area (Å²) in [6.45, 7) is -2.57. The Labute approximate surface area is 605 Å². The first-order valence-electron chi connectivity index (χ1n) is 33.5. The van der Waals surface area contributed by atoms with Gasteiger partial charge in [0.25, 0.3) is 0 Å². The largest absolute Gasteiger partial charge is 0.459 e. The van der Waals surface area contributed by atoms with Crippen molar-refractivity contribution >= 4 is 53.7 Å². The molecule has 0 unspecified atom stereocenters. The van der Waals surface area contributed by atoms with Crippen LogP contribution in [0.3, 0.4) is 0 Å². The van der Waals surface area contributed by atoms with Crippen molar-refractivity contribution in [3.05, 3.63) is 323 Å². The monoisotopic (exact) mass is 1440 g/mol. The molecule has 0 saturated carbocycles. The summed E-state index contributed by atoms with van der Waals surface area (Å²) in [5.74, 6) is -9.32. The van der Waals surface area contributed by atoms with Gasteiger partial charge in [0.05, 0.1) is 50.1 Å². The van der Waals surface area contributed by atoms with Crippen LogP contribution in [-0.2, 0) is 66.3 Å². The maximum absolute atomic E-state index is 15.1. The zero-order chi connectivity index (χ0) is 73.9. The average Bonchev–Trinajstić information content (AvgIpc) is 0.759. The summed E-state index contributed by atoms with van der Waals surface area (Å²) in [7, 11) is 0. The molecule has 0 bridgehead atoms. The van der Waals surface area contributed by atoms with E-state index in [-0.39, 0.29) is 50.1 Å². The first-order chi connectivity index (χ1) is 51.6. The lowest BCUT2D eigenvalue weighted by atomic mass is 9.95. The SMILES string of the molecule is O=C(OC[C@@H]1O[C@@H](O[C@H]2[C@@H](O[C@@H]3[C@@H](OC(=O)c4ccccc4)[C@H](OC(=O)c4ccccc4)[C@H](COC(=O)c4ccccc4)O[C@H]3O)O[C@H](COC(=O)c3ccccc3)[C@H](OC(=O)c3ccccc3)[C@@H]2OC(=O)c2ccccc2)[C@@H](O)[C@@H](OC(=O)c2ccccc2)[C@H]1OC(=O)c1ccccc1)c1ccccc1. The minimum atomic E-state index is -2.39. The molecule has 2 N–H and O–H groups in total. The summed E-state index contributed by atoms with van der Waals surface area (Å²) in [6, 6.07) is 67.9. The molecule has 0 amide bonds. The molecule has 106 heavy (non-hydrogen) atoms. The number of benzene rings is 9. The predicted molar refractivity (Wildman–Crippen MR) is 368 cm³/mol. The van der Waals surface area contributed by atoms with Gasteiger partial charge >= 0.3 is 53.7 Å². The Balaban J connectivity index is 1.02. The smallest absolute Gasteiger partial charge is 0.338 e. The maximum Gasteiger partial charge on any atom is 0.338 e. The van der Waals surface area contributed by atoms with Crippen LogP contribution in [0.2, 0.25) is 0 Å². The van der Waals surface area contributed by atoms with E-state index < -0.39 is 166 Å². The Morgan fingerprint density at radius 3 is 0.726 bits per heavy atom. The van der Waals surface area contributed by atoms with E-state index in [1.54, 1.807) is 103 Å². The van der Waals surface area contributed by atoms with E-state index in [1.807, 2.05) is 0 Å². The molecule has 0 aliphatic carbocycles. The molecule has 0 spiro atoms. The highest BCUT2D eigenvalue weighted by Crippen LogP contribution is 2.39. The number of aliphatic hydroxyl groups excluding tert-OH is 2. The van der Waals surface area contributed by atoms with Crippen molar-refractivity contribution in [1.29, 1.82) is 0 Å². The molecule has 9 aromatic carbocycles. The fourth-order valence-corrected chi connectivity index (χ4v) is 11.8. The topological polar surface area (TPSA) is 323 Å². The fraction of sp³-hybridized carbons (Fsp3) is 0.222. The van der Waals surface area contributed by atoms with Gasteiger partial charge < -0.3 is 76.5 Å². The molecule has 15 atom stereocenters. The Morgan fingerprint density at radius 1 is 0.236 bits per heavy atom. The molecular weight excluding hydrogens is 1370 g/mol. The van der Waals surface area contributed by atoms with Crippen LogP contribution in [0.15, 0.2) is 273 Å². The second kappa shape index (κ2) is 35.4. The molecule has 3 saturated heterocycles. The third kappa shape index (κ3) is 18.5. The highest BCUT2D eigenvalue weighted by Gasteiger charge is 2.60. The van der Waals surface area contributed by atoms with Crippen LogP contribution >= 0.6 is 0 Å². The summed E-state index contributed by atoms with van der Waals surface area (Å²) >= 11 is 0. The van der Waals surface area contributed by atoms with Crippen LogP contribution < -0.4 is 0 Å². The number of ether oxygens (including phenoxy) is 14. The molecule has 9 aromatic rings. The van der Waals surface area contributed by atoms with E-state index in [9.17, 15) is 48.6 Å². The normalized spacial score (nSPS) is 23.9. The van der Waals surface area contributed by atoms with Crippen molar-refractivity contribution in [2.75, 3.05) is 19.8 Å². The fourth-order valence-electron chi connectivity index (χ4n) is 11.8. The first kappa shape index (κ1) is 73.7. The lowest BCUT2D eigenvalue weighted by molar-refractivity contribution is -0.388. The minimum absolute atomic E-state index is 0.0238. The number of hydrogen-bond donors (Lipinski definition) is 2. The Hall–Kier alpha value is -12.1. The summed E-state index contributed by atoms with van der Waals surface area (Å²) in [4.78, 5) is 130. The van der Waals surface area contributed by atoms with E-state index >= 15 is 4.79 Å². The summed E-state index contributed by atoms with van der Waals surface area (Å²) in [5.41, 5.74) is -0.247. The molecule has 25 heteroatoms. The summed E-state index contributed by atoms with van der Waals surface area (Å²) in [6.07, 6.45) is -31.7. The van der Waals surface area contributed by atoms with Crippen molar-refractivity contribution in [3.63, 3.8) is 0 Å². The maximum atomic E-state index is 15.1. The molecule has 12 rings (SSSR count). The molecule has 0 aromatic heterocycles. The lowest BCUT2D eigenvalue weighted by Gasteiger charge is -2.50. The number of aliphatic hydroxyl groups is 2. The number of rotatable bonds is 25. The molecular formula is C81H68O25. The van der Waals surface area contributed by atoms with E-state index in [0.717, 1.165) is 0 Å². The number of esters is 9. The van der Waals surface area contributed by atoms with Crippen LogP contribution in [0.25, 0.3) is 0 Å². The molecule has 3 aliphatic rings. The average molecular weight is 1440 g/mol. The van der Waals surface area contributed by atoms with Gasteiger partial charge in [-0.1, -0.05) is 164 Å². The van der Waals surface area contributed by atoms with Crippen LogP contribution in [0.5, 0.6) is 0 Å². The predicted octanol–water partition coefficient (Wildman–Crippen LogP) is 9.21. The summed E-state index contributed by atoms with van der Waals surface area (Å²) < 4.78 is 88.8. The van der Waals surface area contributed by atoms with Crippen molar-refractivity contribution in [2.45, 2.75) is 92.1 Å². The highest BCUT2D eigenvalue weighted by molar-refractivity contribution is 5.94. The quantitative estimate of drug-likeness (QED) is 0.0397. The van der Waals surface area contributed by atoms with Crippen molar-refractivity contribution < 1.29 is 120 Å². The molecule has 25 nitrogen and oxygen atoms in total. The lowest BCUT2D eigenvalue weighted by Crippen LogP contribution is -2.68. The van der Waals surface area contributed by atoms with Gasteiger partial charge in [0.2, 0.25) is 0 Å². The van der Waals surface area contributed by atoms with Gasteiger partial charge in [-0.25, -0.2) is 43.2 Å². The Morgan fingerprint density at radius 2 is 0.443 bits per heavy atom. The van der Waals surface area contributed by atoms with Gasteiger partial charge in [-0.05, 0) is 109 Å². The zero-order valence-electron chi connectivity index (χ0n) is 56.0. The minimum Gasteiger partial charge on any atom is -0.459 e. The molecule has 3 heterocycles. The highest BCUT2D eigenvalue weighted by atomic mass is 16.8. The molecule has 0 radical (unpaired) electrons. The van der Waals surface area contributed by atoms with Gasteiger partial charge in [0, 0.05) is 0 Å². The van der Waals surface area contributed by atoms with Crippen LogP contribution in [-0.4, -0.2) is 176 Å². The van der Waals surface area contributed by atoms with Gasteiger partial charge in [0.15, 0.2) is 67.7 Å². The van der Waals surface area contributed by atoms with Crippen LogP contribution in [0.1, 0.15) is 93.2 Å². The second-order valence-corrected chi connectivity index (χ2v) is 24.2. The first-order valence-corrected chi connectivity index (χ1v) is 33.5. The van der Waals surface area contributed by atoms with E-state index in [1.165, 1.54) is 170 Å². The number of carbonyl (C=O) groups is 9. The van der Waals surface area contributed by atoms with Gasteiger partial charge in [0.1, 0.15) is 44.2 Å². The van der Waals surface area contributed by atoms with Gasteiger partial charge in [-0.3, -0.25) is 0 Å². The zero-order valence-corrected chi connectivity index (χ0v) is 56.0. The number of hydrogen-bond acceptors (Lipinski definition) is 25. The van der Waals surface area contributed by atoms with Gasteiger partial charge in [-0.15, -0.1) is 0 Å². The third-order valence-corrected chi connectivity index (χ3v) is 17.1. The number of carbonyl (C=O) groups excluding carboxylic acids is 9. The Bertz CT molecular complexity index is 4430. The van der Waals surface area contributed by atoms with E-state index in [4.69, 9.17) is 66.3 Å². The standard InChI is InChI=1S/C81H68O25/c82-61-65(102-76(89)55-40-22-7-23-41-55)62(99-73(86)52-34-16-4-17-35-52)59(47-94-71(84)50-30-12-2-13-31-50)97-80(61)106-69-67(104-78(91)57-44-26-9-27-45-57)64(101-75(88)54-38-20-6-21-39-54)60(48-95-72(85)51-32-14-3-15-33-51)98-81(69)105-68-66(103-77(90)56-42-24-8-25-43-56)63(100-74(87)53-36-18-5-19-37-53)58(96-79(68)92)46-93-70(83)49-28-10-1-11-29-49/h1-45,58-69,79-82,92H,46-48H2/t58-,59-,60+,61-,62-,63+,64-,65+,66-,67-,68+,69+,79+,80-,81+/m0/s1. The van der Waals surface area contributed by atoms with Crippen LogP contribution in [0, 0.1) is 0 Å². The third-order valence-electron chi connectivity index (χ3n) is 17.1. The van der Waals surface area contributed by atoms with Gasteiger partial charge in [-0.2, -0.15) is 0 Å². The van der Waals surface area contributed by atoms with Crippen molar-refractivity contribution in [3.8, 4) is 0 Å². The van der Waals surface area contributed by atoms with Crippen LogP contribution in [0.4, 0.5) is 0 Å². The molecule has 3 aliphatic heterocycles. The van der Waals surface area contributed by atoms with E-state index in [0.29, 0.717) is 0 Å². The van der Waals surface area contributed by atoms with E-state index in [2.05, 4.69) is 0 Å². The summed E-state index contributed by atoms with van der Waals surface area (Å²) in [5, 5.41) is 25.9. The molecule has 542 valence electrons. The molecule has 3 fully saturated rings. The van der Waals surface area contributed by atoms with Crippen molar-refractivity contribution in [1.82, 2.24) is 0 Å². The van der Waals surface area contributed by atoms with Crippen molar-refractivity contribution in [2.24, 2.45) is 0 Å². The Kier molecular flexibility index (Phi) is 24.6. The second-order valence-electron chi connectivity index (χ2n) is 24.2.